The summed E-state index contributed by atoms with van der Waals surface area (Å²) >= 11 is 0. The summed E-state index contributed by atoms with van der Waals surface area (Å²) in [6.07, 6.45) is -4.17. The smallest absolute Gasteiger partial charge is 0.416 e. The van der Waals surface area contributed by atoms with Crippen LogP contribution in [-0.2, 0) is 12.7 Å². The number of benzene rings is 1. The van der Waals surface area contributed by atoms with E-state index in [2.05, 4.69) is 25.8 Å². The first kappa shape index (κ1) is 18.2. The number of anilines is 2. The number of alkyl halides is 3. The average molecular weight is 379 g/mol. The van der Waals surface area contributed by atoms with Crippen LogP contribution in [0.2, 0.25) is 0 Å². The predicted molar refractivity (Wildman–Crippen MR) is 87.1 cm³/mol. The van der Waals surface area contributed by atoms with Gasteiger partial charge in [0.25, 0.3) is 5.89 Å². The lowest BCUT2D eigenvalue weighted by atomic mass is 10.2. The summed E-state index contributed by atoms with van der Waals surface area (Å²) in [5, 5.41) is 21.1. The Balaban J connectivity index is 1.81. The first-order valence-corrected chi connectivity index (χ1v) is 7.52. The van der Waals surface area contributed by atoms with Crippen molar-refractivity contribution in [3.63, 3.8) is 0 Å². The molecule has 3 N–H and O–H groups in total. The molecule has 8 nitrogen and oxygen atoms in total. The molecule has 0 bridgehead atoms. The van der Waals surface area contributed by atoms with Crippen LogP contribution in [0.1, 0.15) is 11.5 Å². The van der Waals surface area contributed by atoms with Crippen molar-refractivity contribution in [1.82, 2.24) is 20.5 Å². The lowest BCUT2D eigenvalue weighted by molar-refractivity contribution is -0.137. The number of carbonyl (C=O) groups is 1. The predicted octanol–water partition coefficient (Wildman–Crippen LogP) is 3.66. The zero-order valence-electron chi connectivity index (χ0n) is 13.5. The van der Waals surface area contributed by atoms with E-state index in [1.807, 2.05) is 0 Å². The summed E-state index contributed by atoms with van der Waals surface area (Å²) in [6, 6.07) is 7.70. The van der Waals surface area contributed by atoms with Gasteiger partial charge in [-0.1, -0.05) is 0 Å². The lowest BCUT2D eigenvalue weighted by Crippen LogP contribution is -2.20. The van der Waals surface area contributed by atoms with Gasteiger partial charge >= 0.3 is 12.3 Å². The molecule has 11 heteroatoms. The molecule has 0 aliphatic carbocycles. The summed E-state index contributed by atoms with van der Waals surface area (Å²) in [5.41, 5.74) is 0.0310. The molecule has 2 heterocycles. The molecular formula is C16H12F3N5O3. The fourth-order valence-electron chi connectivity index (χ4n) is 2.14. The summed E-state index contributed by atoms with van der Waals surface area (Å²) in [4.78, 5) is 14.6. The molecule has 0 aliphatic rings. The van der Waals surface area contributed by atoms with Gasteiger partial charge in [0.15, 0.2) is 0 Å². The average Bonchev–Trinajstić information content (AvgIpc) is 3.09. The van der Waals surface area contributed by atoms with Gasteiger partial charge in [-0.25, -0.2) is 9.78 Å². The number of hydrogen-bond donors (Lipinski definition) is 3. The van der Waals surface area contributed by atoms with E-state index in [0.29, 0.717) is 17.1 Å². The molecule has 0 fully saturated rings. The number of aromatic nitrogens is 3. The molecule has 0 aliphatic heterocycles. The number of nitrogens with zero attached hydrogens (tertiary/aromatic N) is 3. The number of nitrogens with one attached hydrogen (secondary N) is 2. The van der Waals surface area contributed by atoms with Crippen molar-refractivity contribution in [1.29, 1.82) is 0 Å². The molecule has 0 spiro atoms. The summed E-state index contributed by atoms with van der Waals surface area (Å²) in [7, 11) is 0. The molecular weight excluding hydrogens is 367 g/mol. The lowest BCUT2D eigenvalue weighted by Gasteiger charge is -2.10. The Morgan fingerprint density at radius 3 is 2.56 bits per heavy atom. The van der Waals surface area contributed by atoms with E-state index >= 15 is 0 Å². The fourth-order valence-corrected chi connectivity index (χ4v) is 2.14. The molecule has 0 unspecified atom stereocenters. The molecule has 27 heavy (non-hydrogen) atoms. The molecule has 2 aromatic heterocycles. The van der Waals surface area contributed by atoms with Gasteiger partial charge in [-0.15, -0.1) is 10.2 Å². The molecule has 140 valence electrons. The van der Waals surface area contributed by atoms with Crippen LogP contribution in [0.15, 0.2) is 47.0 Å². The second-order valence-electron chi connectivity index (χ2n) is 5.26. The van der Waals surface area contributed by atoms with Crippen molar-refractivity contribution >= 4 is 17.6 Å². The molecule has 0 saturated heterocycles. The molecule has 1 amide bonds. The van der Waals surface area contributed by atoms with Crippen LogP contribution >= 0.6 is 0 Å². The number of rotatable bonds is 5. The summed E-state index contributed by atoms with van der Waals surface area (Å²) in [5.74, 6) is 0.426. The highest BCUT2D eigenvalue weighted by Crippen LogP contribution is 2.31. The van der Waals surface area contributed by atoms with E-state index in [1.165, 1.54) is 18.3 Å². The third kappa shape index (κ3) is 4.51. The van der Waals surface area contributed by atoms with Crippen molar-refractivity contribution < 1.29 is 27.5 Å². The molecule has 3 aromatic rings. The van der Waals surface area contributed by atoms with E-state index in [-0.39, 0.29) is 18.3 Å². The third-order valence-corrected chi connectivity index (χ3v) is 3.37. The minimum absolute atomic E-state index is 0.0525. The minimum Gasteiger partial charge on any atom is -0.465 e. The topological polar surface area (TPSA) is 113 Å². The number of pyridine rings is 1. The van der Waals surface area contributed by atoms with Crippen LogP contribution < -0.4 is 10.6 Å². The van der Waals surface area contributed by atoms with Gasteiger partial charge in [0.1, 0.15) is 5.82 Å². The molecule has 0 atom stereocenters. The Hall–Kier alpha value is -3.63. The van der Waals surface area contributed by atoms with Crippen LogP contribution in [-0.4, -0.2) is 26.4 Å². The van der Waals surface area contributed by atoms with Gasteiger partial charge < -0.3 is 20.2 Å². The van der Waals surface area contributed by atoms with Crippen LogP contribution in [0.25, 0.3) is 11.5 Å². The van der Waals surface area contributed by atoms with Crippen molar-refractivity contribution in [2.75, 3.05) is 5.32 Å². The van der Waals surface area contributed by atoms with Crippen LogP contribution in [0.5, 0.6) is 0 Å². The minimum atomic E-state index is -4.42. The van der Waals surface area contributed by atoms with Crippen molar-refractivity contribution in [3.8, 4) is 11.5 Å². The molecule has 1 aromatic carbocycles. The fraction of sp³-hybridized carbons (Fsp3) is 0.125. The van der Waals surface area contributed by atoms with Crippen LogP contribution in [0.4, 0.5) is 29.5 Å². The number of amides is 1. The van der Waals surface area contributed by atoms with Gasteiger partial charge in [0, 0.05) is 11.9 Å². The number of halogens is 3. The van der Waals surface area contributed by atoms with Crippen molar-refractivity contribution in [2.24, 2.45) is 0 Å². The second-order valence-corrected chi connectivity index (χ2v) is 5.26. The van der Waals surface area contributed by atoms with Gasteiger partial charge in [-0.05, 0) is 36.4 Å². The normalized spacial score (nSPS) is 11.2. The van der Waals surface area contributed by atoms with Crippen molar-refractivity contribution in [3.05, 3.63) is 54.0 Å². The Morgan fingerprint density at radius 2 is 1.89 bits per heavy atom. The van der Waals surface area contributed by atoms with Gasteiger partial charge in [-0.2, -0.15) is 13.2 Å². The first-order valence-electron chi connectivity index (χ1n) is 7.52. The highest BCUT2D eigenvalue weighted by atomic mass is 19.4. The molecule has 0 saturated carbocycles. The van der Waals surface area contributed by atoms with E-state index in [1.54, 1.807) is 12.1 Å². The summed E-state index contributed by atoms with van der Waals surface area (Å²) in [6.45, 7) is -0.162. The monoisotopic (exact) mass is 379 g/mol. The SMILES string of the molecule is O=C(O)NCc1nnc(-c2cccnc2Nc2ccc(C(F)(F)F)cc2)o1. The maximum Gasteiger partial charge on any atom is 0.416 e. The van der Waals surface area contributed by atoms with Crippen LogP contribution in [0, 0.1) is 0 Å². The largest absolute Gasteiger partial charge is 0.465 e. The first-order chi connectivity index (χ1) is 12.8. The highest BCUT2D eigenvalue weighted by Gasteiger charge is 2.30. The molecule has 0 radical (unpaired) electrons. The Morgan fingerprint density at radius 1 is 1.15 bits per heavy atom. The Labute approximate surface area is 150 Å². The van der Waals surface area contributed by atoms with Crippen molar-refractivity contribution in [2.45, 2.75) is 12.7 Å². The molecule has 3 rings (SSSR count). The standard InChI is InChI=1S/C16H12F3N5O3/c17-16(18,19)9-3-5-10(6-4-9)22-13-11(2-1-7-20-13)14-24-23-12(27-14)8-21-15(25)26/h1-7,21H,8H2,(H,20,22)(H,25,26). The van der Waals surface area contributed by atoms with Gasteiger partial charge in [0.2, 0.25) is 5.89 Å². The second kappa shape index (κ2) is 7.32. The van der Waals surface area contributed by atoms with E-state index in [9.17, 15) is 18.0 Å². The zero-order valence-corrected chi connectivity index (χ0v) is 13.5. The van der Waals surface area contributed by atoms with E-state index < -0.39 is 17.8 Å². The Bertz CT molecular complexity index is 941. The third-order valence-electron chi connectivity index (χ3n) is 3.37. The van der Waals surface area contributed by atoms with Crippen LogP contribution in [0.3, 0.4) is 0 Å². The quantitative estimate of drug-likeness (QED) is 0.620. The van der Waals surface area contributed by atoms with Gasteiger partial charge in [-0.3, -0.25) is 0 Å². The number of hydrogen-bond acceptors (Lipinski definition) is 6. The Kier molecular flexibility index (Phi) is 4.92. The van der Waals surface area contributed by atoms with Gasteiger partial charge in [0.05, 0.1) is 17.7 Å². The maximum atomic E-state index is 12.6. The van der Waals surface area contributed by atoms with E-state index in [4.69, 9.17) is 9.52 Å². The zero-order chi connectivity index (χ0) is 19.4. The highest BCUT2D eigenvalue weighted by molar-refractivity contribution is 5.73. The van der Waals surface area contributed by atoms with E-state index in [0.717, 1.165) is 12.1 Å². The summed E-state index contributed by atoms with van der Waals surface area (Å²) < 4.78 is 43.3. The maximum absolute atomic E-state index is 12.6. The number of carboxylic acid groups (broad SMARTS) is 1.